The third-order valence-electron chi connectivity index (χ3n) is 4.01. The molecule has 26 heavy (non-hydrogen) atoms. The first-order valence-corrected chi connectivity index (χ1v) is 8.68. The van der Waals surface area contributed by atoms with E-state index in [-0.39, 0.29) is 18.0 Å². The first-order valence-electron chi connectivity index (χ1n) is 8.68. The van der Waals surface area contributed by atoms with E-state index in [1.807, 2.05) is 18.7 Å². The topological polar surface area (TPSA) is 103 Å². The lowest BCUT2D eigenvalue weighted by molar-refractivity contribution is -0.145. The van der Waals surface area contributed by atoms with Crippen molar-refractivity contribution in [2.75, 3.05) is 38.3 Å². The molecule has 9 nitrogen and oxygen atoms in total. The van der Waals surface area contributed by atoms with Crippen molar-refractivity contribution in [2.45, 2.75) is 32.9 Å². The molecule has 2 rings (SSSR count). The summed E-state index contributed by atoms with van der Waals surface area (Å²) in [6.07, 6.45) is 0.453. The van der Waals surface area contributed by atoms with Gasteiger partial charge in [-0.25, -0.2) is 9.48 Å². The van der Waals surface area contributed by atoms with Gasteiger partial charge in [-0.15, -0.1) is 0 Å². The van der Waals surface area contributed by atoms with Gasteiger partial charge < -0.3 is 19.7 Å². The third kappa shape index (κ3) is 5.55. The lowest BCUT2D eigenvalue weighted by atomic mass is 10.0. The summed E-state index contributed by atoms with van der Waals surface area (Å²) in [6.45, 7) is 6.17. The van der Waals surface area contributed by atoms with Crippen molar-refractivity contribution >= 4 is 17.7 Å². The van der Waals surface area contributed by atoms with Gasteiger partial charge in [0.1, 0.15) is 18.4 Å². The predicted molar refractivity (Wildman–Crippen MR) is 94.9 cm³/mol. The van der Waals surface area contributed by atoms with Crippen LogP contribution >= 0.6 is 0 Å². The van der Waals surface area contributed by atoms with E-state index < -0.39 is 17.9 Å². The molecule has 0 saturated carbocycles. The second-order valence-corrected chi connectivity index (χ2v) is 6.56. The average molecular weight is 366 g/mol. The molecule has 1 aromatic rings. The Balaban J connectivity index is 2.07. The first-order chi connectivity index (χ1) is 12.4. The fraction of sp³-hybridized carbons (Fsp3) is 0.647. The number of amides is 1. The molecule has 1 saturated heterocycles. The Morgan fingerprint density at radius 2 is 2.00 bits per heavy atom. The molecule has 2 heterocycles. The molecule has 0 aliphatic carbocycles. The van der Waals surface area contributed by atoms with E-state index in [0.717, 1.165) is 4.68 Å². The number of aromatic nitrogens is 2. The summed E-state index contributed by atoms with van der Waals surface area (Å²) in [5, 5.41) is 6.89. The van der Waals surface area contributed by atoms with Gasteiger partial charge in [0, 0.05) is 19.2 Å². The quantitative estimate of drug-likeness (QED) is 0.666. The molecule has 1 fully saturated rings. The normalized spacial score (nSPS) is 15.6. The van der Waals surface area contributed by atoms with Gasteiger partial charge in [0.2, 0.25) is 5.91 Å². The van der Waals surface area contributed by atoms with Crippen molar-refractivity contribution < 1.29 is 19.1 Å². The Morgan fingerprint density at radius 1 is 1.31 bits per heavy atom. The van der Waals surface area contributed by atoms with Gasteiger partial charge in [-0.3, -0.25) is 9.59 Å². The van der Waals surface area contributed by atoms with Crippen molar-refractivity contribution in [3.8, 4) is 0 Å². The van der Waals surface area contributed by atoms with Crippen molar-refractivity contribution in [1.82, 2.24) is 15.1 Å². The SMILES string of the molecule is COC(=O)[C@@H](CC(C)C)NC(=O)Cn1nc(N2CCOCC2)ccc1=O. The van der Waals surface area contributed by atoms with E-state index in [0.29, 0.717) is 38.5 Å². The van der Waals surface area contributed by atoms with Gasteiger partial charge in [0.05, 0.1) is 20.3 Å². The molecule has 1 amide bonds. The van der Waals surface area contributed by atoms with Gasteiger partial charge >= 0.3 is 5.97 Å². The molecule has 0 unspecified atom stereocenters. The Morgan fingerprint density at radius 3 is 2.62 bits per heavy atom. The number of hydrogen-bond acceptors (Lipinski definition) is 7. The van der Waals surface area contributed by atoms with Crippen LogP contribution < -0.4 is 15.8 Å². The average Bonchev–Trinajstić information content (AvgIpc) is 2.62. The predicted octanol–water partition coefficient (Wildman–Crippen LogP) is -0.216. The van der Waals surface area contributed by atoms with Gasteiger partial charge in [-0.1, -0.05) is 13.8 Å². The molecule has 1 aliphatic heterocycles. The summed E-state index contributed by atoms with van der Waals surface area (Å²) in [5.74, 6) is -0.151. The molecule has 1 aliphatic rings. The van der Waals surface area contributed by atoms with Crippen LogP contribution in [0.3, 0.4) is 0 Å². The summed E-state index contributed by atoms with van der Waals surface area (Å²) in [4.78, 5) is 38.2. The maximum absolute atomic E-state index is 12.3. The Hall–Kier alpha value is -2.42. The minimum atomic E-state index is -0.745. The molecule has 1 N–H and O–H groups in total. The summed E-state index contributed by atoms with van der Waals surface area (Å²) in [5.41, 5.74) is -0.379. The second kappa shape index (κ2) is 9.33. The number of hydrogen-bond donors (Lipinski definition) is 1. The van der Waals surface area contributed by atoms with Crippen LogP contribution in [-0.4, -0.2) is 61.1 Å². The van der Waals surface area contributed by atoms with Crippen LogP contribution in [0.2, 0.25) is 0 Å². The molecule has 9 heteroatoms. The van der Waals surface area contributed by atoms with Crippen molar-refractivity contribution in [3.63, 3.8) is 0 Å². The van der Waals surface area contributed by atoms with Crippen LogP contribution in [0, 0.1) is 5.92 Å². The minimum absolute atomic E-state index is 0.199. The van der Waals surface area contributed by atoms with E-state index >= 15 is 0 Å². The van der Waals surface area contributed by atoms with Crippen molar-refractivity contribution in [2.24, 2.45) is 5.92 Å². The molecule has 0 aromatic carbocycles. The Bertz CT molecular complexity index is 682. The van der Waals surface area contributed by atoms with E-state index in [9.17, 15) is 14.4 Å². The van der Waals surface area contributed by atoms with Crippen LogP contribution in [0.1, 0.15) is 20.3 Å². The highest BCUT2D eigenvalue weighted by Crippen LogP contribution is 2.10. The van der Waals surface area contributed by atoms with E-state index in [1.165, 1.54) is 13.2 Å². The summed E-state index contributed by atoms with van der Waals surface area (Å²) < 4.78 is 11.1. The number of anilines is 1. The number of carbonyl (C=O) groups is 2. The summed E-state index contributed by atoms with van der Waals surface area (Å²) in [7, 11) is 1.28. The summed E-state index contributed by atoms with van der Waals surface area (Å²) in [6, 6.07) is 2.28. The lowest BCUT2D eigenvalue weighted by Crippen LogP contribution is -2.45. The third-order valence-corrected chi connectivity index (χ3v) is 4.01. The second-order valence-electron chi connectivity index (χ2n) is 6.56. The van der Waals surface area contributed by atoms with E-state index in [4.69, 9.17) is 9.47 Å². The number of nitrogens with zero attached hydrogens (tertiary/aromatic N) is 3. The zero-order valence-corrected chi connectivity index (χ0v) is 15.4. The van der Waals surface area contributed by atoms with Crippen LogP contribution in [0.5, 0.6) is 0 Å². The molecule has 144 valence electrons. The maximum atomic E-state index is 12.3. The molecule has 1 atom stereocenters. The molecular formula is C17H26N4O5. The molecule has 0 radical (unpaired) electrons. The zero-order valence-electron chi connectivity index (χ0n) is 15.4. The highest BCUT2D eigenvalue weighted by atomic mass is 16.5. The van der Waals surface area contributed by atoms with Crippen molar-refractivity contribution in [3.05, 3.63) is 22.5 Å². The molecule has 1 aromatic heterocycles. The largest absolute Gasteiger partial charge is 0.467 e. The first kappa shape index (κ1) is 19.9. The smallest absolute Gasteiger partial charge is 0.328 e. The Kier molecular flexibility index (Phi) is 7.14. The molecule has 0 spiro atoms. The van der Waals surface area contributed by atoms with Crippen LogP contribution in [0.25, 0.3) is 0 Å². The Labute approximate surface area is 152 Å². The van der Waals surface area contributed by atoms with Gasteiger partial charge in [-0.05, 0) is 18.4 Å². The fourth-order valence-corrected chi connectivity index (χ4v) is 2.72. The molecule has 0 bridgehead atoms. The number of ether oxygens (including phenoxy) is 2. The zero-order chi connectivity index (χ0) is 19.1. The summed E-state index contributed by atoms with van der Waals surface area (Å²) >= 11 is 0. The highest BCUT2D eigenvalue weighted by molar-refractivity contribution is 5.84. The van der Waals surface area contributed by atoms with E-state index in [2.05, 4.69) is 10.4 Å². The van der Waals surface area contributed by atoms with Crippen LogP contribution in [0.15, 0.2) is 16.9 Å². The number of methoxy groups -OCH3 is 1. The van der Waals surface area contributed by atoms with Crippen molar-refractivity contribution in [1.29, 1.82) is 0 Å². The fourth-order valence-electron chi connectivity index (χ4n) is 2.72. The highest BCUT2D eigenvalue weighted by Gasteiger charge is 2.23. The van der Waals surface area contributed by atoms with Crippen LogP contribution in [-0.2, 0) is 25.6 Å². The van der Waals surface area contributed by atoms with Gasteiger partial charge in [-0.2, -0.15) is 5.10 Å². The molecular weight excluding hydrogens is 340 g/mol. The number of carbonyl (C=O) groups excluding carboxylic acids is 2. The number of rotatable bonds is 7. The number of nitrogens with one attached hydrogen (secondary N) is 1. The lowest BCUT2D eigenvalue weighted by Gasteiger charge is -2.27. The maximum Gasteiger partial charge on any atom is 0.328 e. The van der Waals surface area contributed by atoms with Gasteiger partial charge in [0.15, 0.2) is 0 Å². The minimum Gasteiger partial charge on any atom is -0.467 e. The van der Waals surface area contributed by atoms with E-state index in [1.54, 1.807) is 6.07 Å². The monoisotopic (exact) mass is 366 g/mol. The van der Waals surface area contributed by atoms with Gasteiger partial charge in [0.25, 0.3) is 5.56 Å². The standard InChI is InChI=1S/C17H26N4O5/c1-12(2)10-13(17(24)25-3)18-15(22)11-21-16(23)5-4-14(19-21)20-6-8-26-9-7-20/h4-5,12-13H,6-11H2,1-3H3,(H,18,22)/t13-/m1/s1. The van der Waals surface area contributed by atoms with Crippen LogP contribution in [0.4, 0.5) is 5.82 Å². The number of esters is 1. The number of morpholine rings is 1.